The summed E-state index contributed by atoms with van der Waals surface area (Å²) in [7, 11) is 0. The van der Waals surface area contributed by atoms with E-state index in [1.165, 1.54) is 0 Å². The van der Waals surface area contributed by atoms with E-state index in [9.17, 15) is 4.79 Å². The Hall–Kier alpha value is -1.75. The fourth-order valence-corrected chi connectivity index (χ4v) is 2.50. The molecule has 0 radical (unpaired) electrons. The van der Waals surface area contributed by atoms with Crippen LogP contribution in [0.2, 0.25) is 0 Å². The summed E-state index contributed by atoms with van der Waals surface area (Å²) in [6, 6.07) is 8.79. The van der Waals surface area contributed by atoms with E-state index in [1.54, 1.807) is 4.90 Å². The van der Waals surface area contributed by atoms with Crippen LogP contribution in [-0.2, 0) is 0 Å². The van der Waals surface area contributed by atoms with Crippen LogP contribution in [0, 0.1) is 0 Å². The SMILES string of the molecule is NC1CC(Nc2cccc(N3CCNC3=O)c2)C1. The first kappa shape index (κ1) is 11.3. The van der Waals surface area contributed by atoms with Gasteiger partial charge in [0.2, 0.25) is 0 Å². The molecule has 0 atom stereocenters. The number of amides is 2. The zero-order valence-corrected chi connectivity index (χ0v) is 10.2. The molecular weight excluding hydrogens is 228 g/mol. The van der Waals surface area contributed by atoms with Crippen molar-refractivity contribution in [2.24, 2.45) is 5.73 Å². The number of hydrogen-bond acceptors (Lipinski definition) is 3. The number of urea groups is 1. The van der Waals surface area contributed by atoms with E-state index in [2.05, 4.69) is 10.6 Å². The Labute approximate surface area is 106 Å². The van der Waals surface area contributed by atoms with Crippen molar-refractivity contribution in [1.29, 1.82) is 0 Å². The summed E-state index contributed by atoms with van der Waals surface area (Å²) in [5.74, 6) is 0. The molecule has 1 saturated heterocycles. The summed E-state index contributed by atoms with van der Waals surface area (Å²) in [6.07, 6.45) is 2.04. The average Bonchev–Trinajstić information content (AvgIpc) is 2.74. The van der Waals surface area contributed by atoms with Crippen molar-refractivity contribution in [2.45, 2.75) is 24.9 Å². The molecule has 2 fully saturated rings. The molecule has 0 bridgehead atoms. The molecule has 0 spiro atoms. The minimum Gasteiger partial charge on any atom is -0.382 e. The van der Waals surface area contributed by atoms with Crippen LogP contribution >= 0.6 is 0 Å². The number of carbonyl (C=O) groups is 1. The van der Waals surface area contributed by atoms with Crippen LogP contribution in [0.5, 0.6) is 0 Å². The number of benzene rings is 1. The summed E-state index contributed by atoms with van der Waals surface area (Å²) in [5.41, 5.74) is 7.77. The van der Waals surface area contributed by atoms with Crippen LogP contribution in [-0.4, -0.2) is 31.2 Å². The maximum Gasteiger partial charge on any atom is 0.321 e. The van der Waals surface area contributed by atoms with Gasteiger partial charge in [-0.3, -0.25) is 4.90 Å². The van der Waals surface area contributed by atoms with Gasteiger partial charge in [0.1, 0.15) is 0 Å². The van der Waals surface area contributed by atoms with E-state index in [1.807, 2.05) is 24.3 Å². The molecular formula is C13H18N4O. The maximum absolute atomic E-state index is 11.6. The zero-order valence-electron chi connectivity index (χ0n) is 10.2. The lowest BCUT2D eigenvalue weighted by Gasteiger charge is -2.34. The van der Waals surface area contributed by atoms with Gasteiger partial charge in [-0.2, -0.15) is 0 Å². The highest BCUT2D eigenvalue weighted by Gasteiger charge is 2.26. The highest BCUT2D eigenvalue weighted by molar-refractivity contribution is 5.94. The monoisotopic (exact) mass is 246 g/mol. The highest BCUT2D eigenvalue weighted by atomic mass is 16.2. The van der Waals surface area contributed by atoms with E-state index < -0.39 is 0 Å². The van der Waals surface area contributed by atoms with Crippen molar-refractivity contribution in [3.8, 4) is 0 Å². The second-order valence-electron chi connectivity index (χ2n) is 5.01. The van der Waals surface area contributed by atoms with Gasteiger partial charge in [-0.15, -0.1) is 0 Å². The molecule has 4 N–H and O–H groups in total. The molecule has 1 aliphatic heterocycles. The van der Waals surface area contributed by atoms with E-state index >= 15 is 0 Å². The number of carbonyl (C=O) groups excluding carboxylic acids is 1. The number of nitrogens with zero attached hydrogens (tertiary/aromatic N) is 1. The maximum atomic E-state index is 11.6. The molecule has 1 saturated carbocycles. The minimum atomic E-state index is -0.0159. The first-order valence-corrected chi connectivity index (χ1v) is 6.40. The quantitative estimate of drug-likeness (QED) is 0.748. The predicted molar refractivity (Wildman–Crippen MR) is 71.8 cm³/mol. The molecule has 2 amide bonds. The third-order valence-electron chi connectivity index (χ3n) is 3.56. The van der Waals surface area contributed by atoms with Gasteiger partial charge in [0.25, 0.3) is 0 Å². The lowest BCUT2D eigenvalue weighted by molar-refractivity contribution is 0.252. The van der Waals surface area contributed by atoms with Gasteiger partial charge in [0, 0.05) is 36.5 Å². The number of nitrogens with one attached hydrogen (secondary N) is 2. The Morgan fingerprint density at radius 2 is 2.22 bits per heavy atom. The Bertz CT molecular complexity index is 456. The van der Waals surface area contributed by atoms with Crippen molar-refractivity contribution < 1.29 is 4.79 Å². The minimum absolute atomic E-state index is 0.0159. The molecule has 3 rings (SSSR count). The summed E-state index contributed by atoms with van der Waals surface area (Å²) in [5, 5.41) is 6.26. The second-order valence-corrected chi connectivity index (χ2v) is 5.01. The van der Waals surface area contributed by atoms with E-state index in [0.29, 0.717) is 18.6 Å². The molecule has 5 heteroatoms. The van der Waals surface area contributed by atoms with Gasteiger partial charge in [-0.05, 0) is 31.0 Å². The molecule has 1 aromatic rings. The number of nitrogens with two attached hydrogens (primary N) is 1. The van der Waals surface area contributed by atoms with Gasteiger partial charge in [0.05, 0.1) is 0 Å². The van der Waals surface area contributed by atoms with Crippen molar-refractivity contribution in [1.82, 2.24) is 5.32 Å². The van der Waals surface area contributed by atoms with Crippen molar-refractivity contribution in [2.75, 3.05) is 23.3 Å². The molecule has 0 aromatic heterocycles. The Balaban J connectivity index is 1.70. The van der Waals surface area contributed by atoms with Crippen LogP contribution in [0.25, 0.3) is 0 Å². The van der Waals surface area contributed by atoms with Gasteiger partial charge < -0.3 is 16.4 Å². The second kappa shape index (κ2) is 4.49. The van der Waals surface area contributed by atoms with Gasteiger partial charge >= 0.3 is 6.03 Å². The molecule has 1 aliphatic carbocycles. The number of rotatable bonds is 3. The highest BCUT2D eigenvalue weighted by Crippen LogP contribution is 2.26. The summed E-state index contributed by atoms with van der Waals surface area (Å²) in [6.45, 7) is 1.45. The Morgan fingerprint density at radius 1 is 1.39 bits per heavy atom. The molecule has 5 nitrogen and oxygen atoms in total. The van der Waals surface area contributed by atoms with Crippen LogP contribution < -0.4 is 21.3 Å². The van der Waals surface area contributed by atoms with Crippen molar-refractivity contribution >= 4 is 17.4 Å². The summed E-state index contributed by atoms with van der Waals surface area (Å²) < 4.78 is 0. The standard InChI is InChI=1S/C13H18N4O/c14-9-6-11(7-9)16-10-2-1-3-12(8-10)17-5-4-15-13(17)18/h1-3,8-9,11,16H,4-7,14H2,(H,15,18). The predicted octanol–water partition coefficient (Wildman–Crippen LogP) is 1.12. The van der Waals surface area contributed by atoms with Gasteiger partial charge in [-0.1, -0.05) is 6.07 Å². The van der Waals surface area contributed by atoms with Crippen LogP contribution in [0.15, 0.2) is 24.3 Å². The normalized spacial score (nSPS) is 26.7. The van der Waals surface area contributed by atoms with Crippen LogP contribution in [0.1, 0.15) is 12.8 Å². The van der Waals surface area contributed by atoms with E-state index in [0.717, 1.165) is 30.8 Å². The number of hydrogen-bond donors (Lipinski definition) is 3. The Morgan fingerprint density at radius 3 is 2.89 bits per heavy atom. The van der Waals surface area contributed by atoms with Gasteiger partial charge in [-0.25, -0.2) is 4.79 Å². The van der Waals surface area contributed by atoms with Crippen molar-refractivity contribution in [3.63, 3.8) is 0 Å². The third kappa shape index (κ3) is 2.13. The molecule has 1 heterocycles. The van der Waals surface area contributed by atoms with Crippen molar-refractivity contribution in [3.05, 3.63) is 24.3 Å². The van der Waals surface area contributed by atoms with Crippen LogP contribution in [0.3, 0.4) is 0 Å². The number of anilines is 2. The lowest BCUT2D eigenvalue weighted by atomic mass is 9.87. The molecule has 2 aliphatic rings. The molecule has 1 aromatic carbocycles. The van der Waals surface area contributed by atoms with E-state index in [4.69, 9.17) is 5.73 Å². The Kier molecular flexibility index (Phi) is 2.83. The lowest BCUT2D eigenvalue weighted by Crippen LogP contribution is -2.44. The largest absolute Gasteiger partial charge is 0.382 e. The molecule has 18 heavy (non-hydrogen) atoms. The average molecular weight is 246 g/mol. The fourth-order valence-electron chi connectivity index (χ4n) is 2.50. The summed E-state index contributed by atoms with van der Waals surface area (Å²) >= 11 is 0. The first-order chi connectivity index (χ1) is 8.72. The third-order valence-corrected chi connectivity index (χ3v) is 3.56. The van der Waals surface area contributed by atoms with E-state index in [-0.39, 0.29) is 6.03 Å². The molecule has 96 valence electrons. The first-order valence-electron chi connectivity index (χ1n) is 6.40. The molecule has 0 unspecified atom stereocenters. The van der Waals surface area contributed by atoms with Gasteiger partial charge in [0.15, 0.2) is 0 Å². The topological polar surface area (TPSA) is 70.4 Å². The smallest absolute Gasteiger partial charge is 0.321 e. The zero-order chi connectivity index (χ0) is 12.5. The fraction of sp³-hybridized carbons (Fsp3) is 0.462. The summed E-state index contributed by atoms with van der Waals surface area (Å²) in [4.78, 5) is 13.4. The van der Waals surface area contributed by atoms with Crippen LogP contribution in [0.4, 0.5) is 16.2 Å².